The Labute approximate surface area is 146 Å². The number of likely N-dealkylation sites (tertiary alicyclic amines) is 1. The zero-order chi connectivity index (χ0) is 16.9. The van der Waals surface area contributed by atoms with E-state index in [1.165, 1.54) is 11.3 Å². The lowest BCUT2D eigenvalue weighted by Crippen LogP contribution is -2.54. The Morgan fingerprint density at radius 3 is 2.83 bits per heavy atom. The summed E-state index contributed by atoms with van der Waals surface area (Å²) in [5.41, 5.74) is 0.897. The summed E-state index contributed by atoms with van der Waals surface area (Å²) in [4.78, 5) is 33.2. The smallest absolute Gasteiger partial charge is 0.240 e. The number of rotatable bonds is 4. The largest absolute Gasteiger partial charge is 0.378 e. The molecule has 0 saturated carbocycles. The average molecular weight is 352 g/mol. The first-order chi connectivity index (χ1) is 11.6. The molecule has 2 amide bonds. The maximum absolute atomic E-state index is 12.8. The lowest BCUT2D eigenvalue weighted by atomic mass is 10.0. The topological polar surface area (TPSA) is 74.8 Å². The summed E-state index contributed by atoms with van der Waals surface area (Å²) in [5.74, 6) is 0.0296. The van der Waals surface area contributed by atoms with Crippen LogP contribution in [-0.4, -0.2) is 72.0 Å². The van der Waals surface area contributed by atoms with Crippen LogP contribution in [0.1, 0.15) is 25.0 Å². The van der Waals surface area contributed by atoms with E-state index in [0.717, 1.165) is 31.5 Å². The molecule has 2 saturated heterocycles. The van der Waals surface area contributed by atoms with Gasteiger partial charge in [-0.05, 0) is 26.3 Å². The number of ether oxygens (including phenoxy) is 1. The quantitative estimate of drug-likeness (QED) is 0.878. The molecule has 0 spiro atoms. The van der Waals surface area contributed by atoms with Gasteiger partial charge in [0.2, 0.25) is 11.8 Å². The molecular weight excluding hydrogens is 328 g/mol. The predicted octanol–water partition coefficient (Wildman–Crippen LogP) is 1.10. The van der Waals surface area contributed by atoms with Crippen LogP contribution in [-0.2, 0) is 14.3 Å². The number of morpholine rings is 1. The second-order valence-corrected chi connectivity index (χ2v) is 7.12. The van der Waals surface area contributed by atoms with E-state index in [2.05, 4.69) is 10.3 Å². The van der Waals surface area contributed by atoms with Gasteiger partial charge in [-0.25, -0.2) is 4.98 Å². The third kappa shape index (κ3) is 4.31. The molecule has 1 aromatic rings. The minimum absolute atomic E-state index is 0.106. The van der Waals surface area contributed by atoms with E-state index in [4.69, 9.17) is 4.74 Å². The number of nitrogens with one attached hydrogen (secondary N) is 1. The first kappa shape index (κ1) is 17.3. The summed E-state index contributed by atoms with van der Waals surface area (Å²) >= 11 is 1.42. The summed E-state index contributed by atoms with van der Waals surface area (Å²) in [7, 11) is 0. The Bertz CT molecular complexity index is 586. The molecule has 2 aliphatic rings. The highest BCUT2D eigenvalue weighted by molar-refractivity contribution is 7.13. The lowest BCUT2D eigenvalue weighted by Gasteiger charge is -2.38. The lowest BCUT2D eigenvalue weighted by molar-refractivity contribution is -0.142. The molecular formula is C16H24N4O3S. The maximum Gasteiger partial charge on any atom is 0.240 e. The van der Waals surface area contributed by atoms with Crippen molar-refractivity contribution < 1.29 is 14.3 Å². The Balaban J connectivity index is 1.59. The van der Waals surface area contributed by atoms with Crippen LogP contribution in [0.2, 0.25) is 0 Å². The van der Waals surface area contributed by atoms with Gasteiger partial charge >= 0.3 is 0 Å². The monoisotopic (exact) mass is 352 g/mol. The molecule has 8 heteroatoms. The van der Waals surface area contributed by atoms with E-state index in [1.54, 1.807) is 0 Å². The van der Waals surface area contributed by atoms with Gasteiger partial charge in [0.25, 0.3) is 0 Å². The zero-order valence-electron chi connectivity index (χ0n) is 14.0. The van der Waals surface area contributed by atoms with Gasteiger partial charge in [0.05, 0.1) is 31.5 Å². The number of carbonyl (C=O) groups excluding carboxylic acids is 2. The summed E-state index contributed by atoms with van der Waals surface area (Å²) < 4.78 is 5.32. The normalized spacial score (nSPS) is 22.4. The zero-order valence-corrected chi connectivity index (χ0v) is 14.8. The molecule has 1 unspecified atom stereocenters. The number of anilines is 1. The Morgan fingerprint density at radius 1 is 1.33 bits per heavy atom. The minimum atomic E-state index is -0.194. The van der Waals surface area contributed by atoms with Gasteiger partial charge in [-0.1, -0.05) is 6.42 Å². The van der Waals surface area contributed by atoms with Crippen molar-refractivity contribution in [3.05, 3.63) is 11.1 Å². The predicted molar refractivity (Wildman–Crippen MR) is 92.1 cm³/mol. The maximum atomic E-state index is 12.8. The molecule has 24 heavy (non-hydrogen) atoms. The van der Waals surface area contributed by atoms with Gasteiger partial charge in [0.15, 0.2) is 5.13 Å². The highest BCUT2D eigenvalue weighted by atomic mass is 32.1. The molecule has 1 aromatic heterocycles. The number of nitrogens with zero attached hydrogens (tertiary/aromatic N) is 3. The van der Waals surface area contributed by atoms with Crippen molar-refractivity contribution in [2.45, 2.75) is 32.2 Å². The Hall–Kier alpha value is -1.51. The van der Waals surface area contributed by atoms with Gasteiger partial charge in [0, 0.05) is 18.5 Å². The van der Waals surface area contributed by atoms with Crippen LogP contribution in [0.25, 0.3) is 0 Å². The van der Waals surface area contributed by atoms with Crippen LogP contribution >= 0.6 is 11.3 Å². The highest BCUT2D eigenvalue weighted by Crippen LogP contribution is 2.20. The fourth-order valence-electron chi connectivity index (χ4n) is 3.21. The first-order valence-corrected chi connectivity index (χ1v) is 9.34. The van der Waals surface area contributed by atoms with E-state index < -0.39 is 0 Å². The van der Waals surface area contributed by atoms with Crippen molar-refractivity contribution in [1.82, 2.24) is 14.8 Å². The fourth-order valence-corrected chi connectivity index (χ4v) is 3.91. The molecule has 1 atom stereocenters. The van der Waals surface area contributed by atoms with Gasteiger partial charge in [-0.3, -0.25) is 14.5 Å². The second-order valence-electron chi connectivity index (χ2n) is 6.26. The van der Waals surface area contributed by atoms with Crippen molar-refractivity contribution in [3.63, 3.8) is 0 Å². The molecule has 0 bridgehead atoms. The molecule has 132 valence electrons. The van der Waals surface area contributed by atoms with E-state index in [1.807, 2.05) is 22.1 Å². The van der Waals surface area contributed by atoms with Crippen molar-refractivity contribution >= 4 is 28.3 Å². The van der Waals surface area contributed by atoms with Crippen LogP contribution in [0.15, 0.2) is 5.38 Å². The van der Waals surface area contributed by atoms with Crippen molar-refractivity contribution in [1.29, 1.82) is 0 Å². The van der Waals surface area contributed by atoms with Crippen LogP contribution in [0.5, 0.6) is 0 Å². The molecule has 2 fully saturated rings. The van der Waals surface area contributed by atoms with Crippen LogP contribution in [0, 0.1) is 6.92 Å². The molecule has 0 aliphatic carbocycles. The summed E-state index contributed by atoms with van der Waals surface area (Å²) in [6.45, 7) is 5.41. The third-order valence-electron chi connectivity index (χ3n) is 4.43. The fraction of sp³-hybridized carbons (Fsp3) is 0.688. The second kappa shape index (κ2) is 8.04. The first-order valence-electron chi connectivity index (χ1n) is 8.46. The number of amides is 2. The van der Waals surface area contributed by atoms with Crippen LogP contribution in [0.4, 0.5) is 5.13 Å². The molecule has 2 aliphatic heterocycles. The Morgan fingerprint density at radius 2 is 2.12 bits per heavy atom. The molecule has 3 heterocycles. The van der Waals surface area contributed by atoms with Crippen LogP contribution < -0.4 is 5.32 Å². The highest BCUT2D eigenvalue weighted by Gasteiger charge is 2.33. The number of hydrogen-bond donors (Lipinski definition) is 1. The average Bonchev–Trinajstić information content (AvgIpc) is 3.00. The number of aryl methyl sites for hydroxylation is 1. The SMILES string of the molecule is Cc1csc(NC(=O)CN2CCCCC2C(=O)N2CCOCC2)n1. The van der Waals surface area contributed by atoms with Crippen LogP contribution in [0.3, 0.4) is 0 Å². The Kier molecular flexibility index (Phi) is 5.80. The number of aromatic nitrogens is 1. The van der Waals surface area contributed by atoms with Gasteiger partial charge in [-0.15, -0.1) is 11.3 Å². The van der Waals surface area contributed by atoms with Crippen molar-refractivity contribution in [3.8, 4) is 0 Å². The summed E-state index contributed by atoms with van der Waals surface area (Å²) in [6.07, 6.45) is 2.88. The van der Waals surface area contributed by atoms with E-state index in [0.29, 0.717) is 31.4 Å². The molecule has 3 rings (SSSR count). The van der Waals surface area contributed by atoms with Gasteiger partial charge in [0.1, 0.15) is 0 Å². The van der Waals surface area contributed by atoms with E-state index in [9.17, 15) is 9.59 Å². The number of carbonyl (C=O) groups is 2. The minimum Gasteiger partial charge on any atom is -0.378 e. The molecule has 1 N–H and O–H groups in total. The standard InChI is InChI=1S/C16H24N4O3S/c1-12-11-24-16(17-12)18-14(21)10-20-5-3-2-4-13(20)15(22)19-6-8-23-9-7-19/h11,13H,2-10H2,1H3,(H,17,18,21). The molecule has 7 nitrogen and oxygen atoms in total. The number of thiazole rings is 1. The van der Waals surface area contributed by atoms with Crippen molar-refractivity contribution in [2.75, 3.05) is 44.7 Å². The summed E-state index contributed by atoms with van der Waals surface area (Å²) in [5, 5.41) is 5.35. The molecule has 0 radical (unpaired) electrons. The third-order valence-corrected chi connectivity index (χ3v) is 5.31. The van der Waals surface area contributed by atoms with E-state index in [-0.39, 0.29) is 24.4 Å². The van der Waals surface area contributed by atoms with Gasteiger partial charge < -0.3 is 15.0 Å². The van der Waals surface area contributed by atoms with E-state index >= 15 is 0 Å². The van der Waals surface area contributed by atoms with Gasteiger partial charge in [-0.2, -0.15) is 0 Å². The number of piperidine rings is 1. The van der Waals surface area contributed by atoms with Crippen molar-refractivity contribution in [2.24, 2.45) is 0 Å². The summed E-state index contributed by atoms with van der Waals surface area (Å²) in [6, 6.07) is -0.194. The number of hydrogen-bond acceptors (Lipinski definition) is 6. The molecule has 0 aromatic carbocycles.